The van der Waals surface area contributed by atoms with Gasteiger partial charge in [0.15, 0.2) is 0 Å². The molecule has 3 nitrogen and oxygen atoms in total. The van der Waals surface area contributed by atoms with Gasteiger partial charge in [-0.2, -0.15) is 0 Å². The molecular formula is C31H26BBrO3. The van der Waals surface area contributed by atoms with E-state index in [4.69, 9.17) is 14.0 Å². The summed E-state index contributed by atoms with van der Waals surface area (Å²) in [7, 11) is -0.530. The molecule has 0 aromatic heterocycles. The zero-order valence-corrected chi connectivity index (χ0v) is 22.3. The van der Waals surface area contributed by atoms with E-state index in [9.17, 15) is 0 Å². The van der Waals surface area contributed by atoms with Gasteiger partial charge >= 0.3 is 7.12 Å². The minimum atomic E-state index is -0.530. The fraction of sp³-hybridized carbons (Fsp3) is 0.226. The minimum Gasteiger partial charge on any atom is -0.456 e. The van der Waals surface area contributed by atoms with Crippen molar-refractivity contribution in [1.82, 2.24) is 0 Å². The second-order valence-electron chi connectivity index (χ2n) is 10.9. The lowest BCUT2D eigenvalue weighted by Crippen LogP contribution is -2.41. The molecule has 4 aromatic carbocycles. The number of benzene rings is 4. The second kappa shape index (κ2) is 7.35. The number of fused-ring (bicyclic) bond motifs is 9. The fourth-order valence-electron chi connectivity index (χ4n) is 6.09. The zero-order chi connectivity index (χ0) is 24.9. The molecule has 178 valence electrons. The van der Waals surface area contributed by atoms with Crippen molar-refractivity contribution in [2.75, 3.05) is 0 Å². The zero-order valence-electron chi connectivity index (χ0n) is 20.8. The van der Waals surface area contributed by atoms with Crippen LogP contribution in [0.4, 0.5) is 0 Å². The third-order valence-corrected chi connectivity index (χ3v) is 9.11. The van der Waals surface area contributed by atoms with Gasteiger partial charge in [-0.1, -0.05) is 78.9 Å². The first kappa shape index (κ1) is 22.4. The van der Waals surface area contributed by atoms with Crippen LogP contribution in [0.3, 0.4) is 0 Å². The molecule has 5 heteroatoms. The number of hydrogen-bond acceptors (Lipinski definition) is 3. The Labute approximate surface area is 220 Å². The lowest BCUT2D eigenvalue weighted by Gasteiger charge is -2.40. The number of hydrogen-bond donors (Lipinski definition) is 0. The molecule has 0 N–H and O–H groups in total. The highest BCUT2D eigenvalue weighted by molar-refractivity contribution is 9.10. The Morgan fingerprint density at radius 1 is 0.583 bits per heavy atom. The van der Waals surface area contributed by atoms with E-state index < -0.39 is 23.7 Å². The third-order valence-electron chi connectivity index (χ3n) is 8.48. The van der Waals surface area contributed by atoms with E-state index in [0.717, 1.165) is 32.6 Å². The largest absolute Gasteiger partial charge is 0.498 e. The van der Waals surface area contributed by atoms with Crippen LogP contribution in [-0.2, 0) is 14.7 Å². The first-order chi connectivity index (χ1) is 17.3. The number of halogens is 1. The summed E-state index contributed by atoms with van der Waals surface area (Å²) >= 11 is 3.80. The van der Waals surface area contributed by atoms with Crippen LogP contribution in [0.1, 0.15) is 49.9 Å². The van der Waals surface area contributed by atoms with Crippen LogP contribution in [0.15, 0.2) is 89.4 Å². The van der Waals surface area contributed by atoms with Crippen molar-refractivity contribution >= 4 is 28.5 Å². The van der Waals surface area contributed by atoms with Crippen molar-refractivity contribution in [1.29, 1.82) is 0 Å². The molecule has 0 atom stereocenters. The number of ether oxygens (including phenoxy) is 1. The Morgan fingerprint density at radius 3 is 1.69 bits per heavy atom. The third kappa shape index (κ3) is 2.71. The maximum atomic E-state index is 6.80. The van der Waals surface area contributed by atoms with E-state index in [1.54, 1.807) is 0 Å². The van der Waals surface area contributed by atoms with Gasteiger partial charge in [0, 0.05) is 16.6 Å². The Hall–Kier alpha value is -2.86. The van der Waals surface area contributed by atoms with Crippen LogP contribution in [-0.4, -0.2) is 18.3 Å². The normalized spacial score (nSPS) is 19.3. The Morgan fingerprint density at radius 2 is 1.08 bits per heavy atom. The van der Waals surface area contributed by atoms with Crippen molar-refractivity contribution in [3.63, 3.8) is 0 Å². The highest BCUT2D eigenvalue weighted by Gasteiger charge is 2.56. The maximum absolute atomic E-state index is 6.80. The number of para-hydroxylation sites is 2. The Balaban J connectivity index is 1.58. The van der Waals surface area contributed by atoms with Gasteiger partial charge in [-0.05, 0) is 71.9 Å². The molecule has 1 aliphatic carbocycles. The quantitative estimate of drug-likeness (QED) is 0.208. The summed E-state index contributed by atoms with van der Waals surface area (Å²) in [6, 6.07) is 30.2. The molecular weight excluding hydrogens is 511 g/mol. The summed E-state index contributed by atoms with van der Waals surface area (Å²) in [6.45, 7) is 8.33. The van der Waals surface area contributed by atoms with Gasteiger partial charge in [0.2, 0.25) is 0 Å². The van der Waals surface area contributed by atoms with Crippen molar-refractivity contribution in [2.24, 2.45) is 0 Å². The van der Waals surface area contributed by atoms with E-state index >= 15 is 0 Å². The summed E-state index contributed by atoms with van der Waals surface area (Å²) < 4.78 is 20.7. The average molecular weight is 537 g/mol. The predicted octanol–water partition coefficient (Wildman–Crippen LogP) is 7.22. The van der Waals surface area contributed by atoms with E-state index in [1.165, 1.54) is 22.3 Å². The van der Waals surface area contributed by atoms with Gasteiger partial charge in [0.05, 0.1) is 21.1 Å². The van der Waals surface area contributed by atoms with Gasteiger partial charge in [0.1, 0.15) is 11.5 Å². The van der Waals surface area contributed by atoms with E-state index in [2.05, 4.69) is 122 Å². The van der Waals surface area contributed by atoms with Crippen LogP contribution in [0, 0.1) is 0 Å². The molecule has 2 aliphatic heterocycles. The maximum Gasteiger partial charge on any atom is 0.498 e. The minimum absolute atomic E-state index is 0.447. The van der Waals surface area contributed by atoms with Crippen LogP contribution < -0.4 is 10.2 Å². The van der Waals surface area contributed by atoms with Crippen molar-refractivity contribution < 1.29 is 14.0 Å². The molecule has 0 unspecified atom stereocenters. The van der Waals surface area contributed by atoms with Gasteiger partial charge in [-0.25, -0.2) is 0 Å². The Bertz CT molecular complexity index is 1500. The molecule has 1 spiro atoms. The van der Waals surface area contributed by atoms with Gasteiger partial charge in [0.25, 0.3) is 0 Å². The van der Waals surface area contributed by atoms with Gasteiger partial charge < -0.3 is 14.0 Å². The molecule has 2 heterocycles. The molecule has 0 saturated carbocycles. The van der Waals surface area contributed by atoms with Crippen molar-refractivity contribution in [3.05, 3.63) is 112 Å². The SMILES string of the molecule is CC1(C)OB(c2cccc3c2Oc2c(Br)cccc2C32c3ccccc3-c3ccccc32)OC1(C)C. The van der Waals surface area contributed by atoms with Gasteiger partial charge in [-0.15, -0.1) is 0 Å². The van der Waals surface area contributed by atoms with Crippen LogP contribution in [0.25, 0.3) is 11.1 Å². The molecule has 0 amide bonds. The molecule has 36 heavy (non-hydrogen) atoms. The topological polar surface area (TPSA) is 27.7 Å². The molecule has 0 bridgehead atoms. The van der Waals surface area contributed by atoms with Crippen molar-refractivity contribution in [3.8, 4) is 22.6 Å². The standard InChI is InChI=1S/C31H26BBrO3/c1-29(2)30(3,4)36-32(35-29)25-17-9-15-23-27(25)34-28-24(16-10-18-26(28)33)31(23)21-13-7-5-11-19(21)20-12-6-8-14-22(20)31/h5-18H,1-4H3. The van der Waals surface area contributed by atoms with Crippen LogP contribution in [0.2, 0.25) is 0 Å². The molecule has 0 radical (unpaired) electrons. The summed E-state index contributed by atoms with van der Waals surface area (Å²) in [4.78, 5) is 0. The van der Waals surface area contributed by atoms with Gasteiger partial charge in [-0.3, -0.25) is 0 Å². The molecule has 3 aliphatic rings. The predicted molar refractivity (Wildman–Crippen MR) is 147 cm³/mol. The highest BCUT2D eigenvalue weighted by Crippen LogP contribution is 2.62. The smallest absolute Gasteiger partial charge is 0.456 e. The molecule has 1 saturated heterocycles. The first-order valence-corrected chi connectivity index (χ1v) is 13.2. The summed E-state index contributed by atoms with van der Waals surface area (Å²) in [6.07, 6.45) is 0. The van der Waals surface area contributed by atoms with Crippen LogP contribution in [0.5, 0.6) is 11.5 Å². The average Bonchev–Trinajstić information content (AvgIpc) is 3.27. The summed E-state index contributed by atoms with van der Waals surface area (Å²) in [5.74, 6) is 1.64. The van der Waals surface area contributed by atoms with Crippen molar-refractivity contribution in [2.45, 2.75) is 44.3 Å². The lowest BCUT2D eigenvalue weighted by atomic mass is 9.64. The summed E-state index contributed by atoms with van der Waals surface area (Å²) in [5, 5.41) is 0. The highest BCUT2D eigenvalue weighted by atomic mass is 79.9. The van der Waals surface area contributed by atoms with E-state index in [0.29, 0.717) is 0 Å². The van der Waals surface area contributed by atoms with E-state index in [-0.39, 0.29) is 0 Å². The fourth-order valence-corrected chi connectivity index (χ4v) is 6.54. The summed E-state index contributed by atoms with van der Waals surface area (Å²) in [5.41, 5.74) is 6.79. The Kier molecular flexibility index (Phi) is 4.56. The van der Waals surface area contributed by atoms with Crippen LogP contribution >= 0.6 is 15.9 Å². The molecule has 7 rings (SSSR count). The van der Waals surface area contributed by atoms with E-state index in [1.807, 2.05) is 6.07 Å². The molecule has 4 aromatic rings. The number of rotatable bonds is 1. The lowest BCUT2D eigenvalue weighted by molar-refractivity contribution is 0.00578. The monoisotopic (exact) mass is 536 g/mol. The molecule has 1 fully saturated rings. The first-order valence-electron chi connectivity index (χ1n) is 12.4. The second-order valence-corrected chi connectivity index (χ2v) is 11.7.